The molecule has 1 rings (SSSR count). The average Bonchev–Trinajstić information content (AvgIpc) is 2.74. The van der Waals surface area contributed by atoms with Gasteiger partial charge in [0.15, 0.2) is 0 Å². The molecule has 3 atom stereocenters. The third-order valence-electron chi connectivity index (χ3n) is 4.07. The van der Waals surface area contributed by atoms with Gasteiger partial charge in [-0.3, -0.25) is 4.79 Å². The summed E-state index contributed by atoms with van der Waals surface area (Å²) in [7, 11) is 0. The molecule has 0 heterocycles. The molecule has 0 aromatic carbocycles. The lowest BCUT2D eigenvalue weighted by atomic mass is 10.1. The van der Waals surface area contributed by atoms with Crippen LogP contribution >= 0.6 is 0 Å². The summed E-state index contributed by atoms with van der Waals surface area (Å²) in [6, 6.07) is 0. The molecule has 98 valence electrons. The average molecular weight is 238 g/mol. The van der Waals surface area contributed by atoms with E-state index in [2.05, 4.69) is 33.8 Å². The fraction of sp³-hybridized carbons (Fsp3) is 0.800. The van der Waals surface area contributed by atoms with Crippen LogP contribution < -0.4 is 0 Å². The third kappa shape index (κ3) is 3.34. The summed E-state index contributed by atoms with van der Waals surface area (Å²) in [5, 5.41) is 0. The zero-order valence-corrected chi connectivity index (χ0v) is 12.0. The summed E-state index contributed by atoms with van der Waals surface area (Å²) < 4.78 is 5.40. The Morgan fingerprint density at radius 2 is 2.00 bits per heavy atom. The first-order valence-electron chi connectivity index (χ1n) is 6.62. The van der Waals surface area contributed by atoms with Crippen molar-refractivity contribution in [1.29, 1.82) is 0 Å². The van der Waals surface area contributed by atoms with Crippen LogP contribution in [-0.4, -0.2) is 12.6 Å². The number of allylic oxidation sites excluding steroid dienone is 2. The van der Waals surface area contributed by atoms with E-state index >= 15 is 0 Å². The summed E-state index contributed by atoms with van der Waals surface area (Å²) in [5.41, 5.74) is 1.63. The zero-order chi connectivity index (χ0) is 13.2. The van der Waals surface area contributed by atoms with Crippen molar-refractivity contribution in [2.24, 2.45) is 23.2 Å². The van der Waals surface area contributed by atoms with Crippen LogP contribution in [0.3, 0.4) is 0 Å². The molecule has 0 unspecified atom stereocenters. The van der Waals surface area contributed by atoms with E-state index in [9.17, 15) is 4.79 Å². The molecule has 0 bridgehead atoms. The van der Waals surface area contributed by atoms with E-state index in [1.807, 2.05) is 13.8 Å². The number of carbonyl (C=O) groups is 1. The van der Waals surface area contributed by atoms with Crippen LogP contribution in [0, 0.1) is 23.2 Å². The minimum atomic E-state index is -0.0499. The second kappa shape index (κ2) is 5.24. The number of carbonyl (C=O) groups excluding carboxylic acids is 1. The molecule has 1 fully saturated rings. The number of esters is 1. The number of ether oxygens (including phenoxy) is 1. The van der Waals surface area contributed by atoms with E-state index in [0.29, 0.717) is 18.4 Å². The van der Waals surface area contributed by atoms with Crippen LogP contribution in [0.5, 0.6) is 0 Å². The molecule has 1 aliphatic carbocycles. The normalized spacial score (nSPS) is 27.2. The van der Waals surface area contributed by atoms with Gasteiger partial charge in [-0.1, -0.05) is 39.3 Å². The molecule has 0 aliphatic heterocycles. The smallest absolute Gasteiger partial charge is 0.308 e. The van der Waals surface area contributed by atoms with Crippen molar-refractivity contribution < 1.29 is 9.53 Å². The minimum Gasteiger partial charge on any atom is -0.465 e. The molecule has 1 aliphatic rings. The van der Waals surface area contributed by atoms with Gasteiger partial charge in [-0.15, -0.1) is 0 Å². The van der Waals surface area contributed by atoms with Crippen molar-refractivity contribution in [3.63, 3.8) is 0 Å². The Morgan fingerprint density at radius 1 is 1.41 bits per heavy atom. The topological polar surface area (TPSA) is 26.3 Å². The van der Waals surface area contributed by atoms with Gasteiger partial charge >= 0.3 is 5.97 Å². The highest BCUT2D eigenvalue weighted by Crippen LogP contribution is 2.59. The first kappa shape index (κ1) is 14.3. The van der Waals surface area contributed by atoms with Crippen molar-refractivity contribution in [1.82, 2.24) is 0 Å². The molecule has 2 heteroatoms. The second-order valence-electron chi connectivity index (χ2n) is 6.14. The molecule has 0 aromatic heterocycles. The number of hydrogen-bond acceptors (Lipinski definition) is 2. The van der Waals surface area contributed by atoms with Gasteiger partial charge in [0.2, 0.25) is 0 Å². The van der Waals surface area contributed by atoms with Gasteiger partial charge in [0.05, 0.1) is 12.5 Å². The SMILES string of the molecule is CC[C@@H](C)C(=O)OC[C@@H]1[C@@H](C=C(C)C)C1(C)C. The molecule has 2 nitrogen and oxygen atoms in total. The molecular formula is C15H26O2. The predicted octanol–water partition coefficient (Wildman–Crippen LogP) is 3.81. The quantitative estimate of drug-likeness (QED) is 0.537. The van der Waals surface area contributed by atoms with Crippen LogP contribution in [0.15, 0.2) is 11.6 Å². The lowest BCUT2D eigenvalue weighted by Gasteiger charge is -2.09. The third-order valence-corrected chi connectivity index (χ3v) is 4.07. The van der Waals surface area contributed by atoms with Crippen LogP contribution in [0.25, 0.3) is 0 Å². The largest absolute Gasteiger partial charge is 0.465 e. The molecule has 0 N–H and O–H groups in total. The lowest BCUT2D eigenvalue weighted by molar-refractivity contribution is -0.148. The van der Waals surface area contributed by atoms with Gasteiger partial charge in [0.1, 0.15) is 0 Å². The lowest BCUT2D eigenvalue weighted by Crippen LogP contribution is -2.16. The Bertz CT molecular complexity index is 311. The van der Waals surface area contributed by atoms with Crippen molar-refractivity contribution in [3.8, 4) is 0 Å². The van der Waals surface area contributed by atoms with E-state index in [0.717, 1.165) is 6.42 Å². The van der Waals surface area contributed by atoms with Gasteiger partial charge in [-0.05, 0) is 31.6 Å². The first-order chi connectivity index (χ1) is 7.80. The molecular weight excluding hydrogens is 212 g/mol. The maximum Gasteiger partial charge on any atom is 0.308 e. The summed E-state index contributed by atoms with van der Waals surface area (Å²) in [6.07, 6.45) is 3.16. The highest BCUT2D eigenvalue weighted by atomic mass is 16.5. The summed E-state index contributed by atoms with van der Waals surface area (Å²) in [5.74, 6) is 1.03. The molecule has 0 amide bonds. The van der Waals surface area contributed by atoms with Gasteiger partial charge in [-0.25, -0.2) is 0 Å². The van der Waals surface area contributed by atoms with E-state index in [-0.39, 0.29) is 17.3 Å². The number of hydrogen-bond donors (Lipinski definition) is 0. The van der Waals surface area contributed by atoms with E-state index < -0.39 is 0 Å². The summed E-state index contributed by atoms with van der Waals surface area (Å²) >= 11 is 0. The maximum absolute atomic E-state index is 11.6. The zero-order valence-electron chi connectivity index (χ0n) is 12.0. The van der Waals surface area contributed by atoms with Crippen molar-refractivity contribution in [2.75, 3.05) is 6.61 Å². The molecule has 17 heavy (non-hydrogen) atoms. The Labute approximate surface area is 105 Å². The van der Waals surface area contributed by atoms with Crippen molar-refractivity contribution in [3.05, 3.63) is 11.6 Å². The van der Waals surface area contributed by atoms with Crippen molar-refractivity contribution >= 4 is 5.97 Å². The fourth-order valence-corrected chi connectivity index (χ4v) is 2.28. The van der Waals surface area contributed by atoms with Crippen LogP contribution in [0.1, 0.15) is 48.0 Å². The predicted molar refractivity (Wildman–Crippen MR) is 70.6 cm³/mol. The van der Waals surface area contributed by atoms with Crippen LogP contribution in [0.4, 0.5) is 0 Å². The van der Waals surface area contributed by atoms with Crippen LogP contribution in [-0.2, 0) is 9.53 Å². The van der Waals surface area contributed by atoms with Crippen LogP contribution in [0.2, 0.25) is 0 Å². The van der Waals surface area contributed by atoms with E-state index in [1.165, 1.54) is 5.57 Å². The van der Waals surface area contributed by atoms with E-state index in [1.54, 1.807) is 0 Å². The second-order valence-corrected chi connectivity index (χ2v) is 6.14. The molecule has 0 aromatic rings. The Hall–Kier alpha value is -0.790. The van der Waals surface area contributed by atoms with Gasteiger partial charge < -0.3 is 4.74 Å². The fourth-order valence-electron chi connectivity index (χ4n) is 2.28. The van der Waals surface area contributed by atoms with Gasteiger partial charge in [0, 0.05) is 5.92 Å². The Balaban J connectivity index is 2.44. The summed E-state index contributed by atoms with van der Waals surface area (Å²) in [4.78, 5) is 11.6. The van der Waals surface area contributed by atoms with Gasteiger partial charge in [0.25, 0.3) is 0 Å². The summed E-state index contributed by atoms with van der Waals surface area (Å²) in [6.45, 7) is 13.3. The van der Waals surface area contributed by atoms with Gasteiger partial charge in [-0.2, -0.15) is 0 Å². The molecule has 0 spiro atoms. The number of rotatable bonds is 5. The van der Waals surface area contributed by atoms with E-state index in [4.69, 9.17) is 4.74 Å². The Kier molecular flexibility index (Phi) is 4.40. The monoisotopic (exact) mass is 238 g/mol. The highest BCUT2D eigenvalue weighted by molar-refractivity contribution is 5.71. The molecule has 0 saturated heterocycles. The van der Waals surface area contributed by atoms with Crippen molar-refractivity contribution in [2.45, 2.75) is 48.0 Å². The minimum absolute atomic E-state index is 0.0266. The highest BCUT2D eigenvalue weighted by Gasteiger charge is 2.56. The molecule has 0 radical (unpaired) electrons. The first-order valence-corrected chi connectivity index (χ1v) is 6.62. The molecule has 1 saturated carbocycles. The maximum atomic E-state index is 11.6. The standard InChI is InChI=1S/C15H26O2/c1-7-11(4)14(16)17-9-13-12(8-10(2)3)15(13,5)6/h8,11-13H,7,9H2,1-6H3/t11-,12-,13-/m1/s1. The Morgan fingerprint density at radius 3 is 2.47 bits per heavy atom.